The Morgan fingerprint density at radius 1 is 1.44 bits per heavy atom. The van der Waals surface area contributed by atoms with Crippen LogP contribution in [0, 0.1) is 5.92 Å². The Balaban J connectivity index is 2.32. The minimum Gasteiger partial charge on any atom is -0.423 e. The molecule has 0 saturated carbocycles. The van der Waals surface area contributed by atoms with Crippen molar-refractivity contribution < 1.29 is 4.42 Å². The SMILES string of the molecule is CC(C)CN(C)c1nc2ccc(N)cc2o1. The number of rotatable bonds is 3. The molecule has 0 aliphatic carbocycles. The molecule has 2 N–H and O–H groups in total. The molecule has 4 heteroatoms. The van der Waals surface area contributed by atoms with Crippen molar-refractivity contribution >= 4 is 22.8 Å². The van der Waals surface area contributed by atoms with Crippen LogP contribution >= 0.6 is 0 Å². The quantitative estimate of drug-likeness (QED) is 0.806. The maximum atomic E-state index is 5.69. The monoisotopic (exact) mass is 219 g/mol. The van der Waals surface area contributed by atoms with Crippen LogP contribution in [0.2, 0.25) is 0 Å². The largest absolute Gasteiger partial charge is 0.423 e. The molecule has 16 heavy (non-hydrogen) atoms. The first-order valence-corrected chi connectivity index (χ1v) is 5.43. The van der Waals surface area contributed by atoms with Gasteiger partial charge in [0.05, 0.1) is 0 Å². The molecule has 0 radical (unpaired) electrons. The minimum absolute atomic E-state index is 0.574. The van der Waals surface area contributed by atoms with Crippen molar-refractivity contribution in [1.82, 2.24) is 4.98 Å². The predicted octanol–water partition coefficient (Wildman–Crippen LogP) is 2.50. The molecular weight excluding hydrogens is 202 g/mol. The summed E-state index contributed by atoms with van der Waals surface area (Å²) in [5, 5.41) is 0. The van der Waals surface area contributed by atoms with Gasteiger partial charge in [-0.2, -0.15) is 4.98 Å². The van der Waals surface area contributed by atoms with Gasteiger partial charge in [0.15, 0.2) is 5.58 Å². The molecule has 1 aromatic heterocycles. The van der Waals surface area contributed by atoms with Crippen LogP contribution in [0.5, 0.6) is 0 Å². The lowest BCUT2D eigenvalue weighted by atomic mass is 10.2. The van der Waals surface area contributed by atoms with Crippen LogP contribution < -0.4 is 10.6 Å². The van der Waals surface area contributed by atoms with E-state index < -0.39 is 0 Å². The first-order valence-electron chi connectivity index (χ1n) is 5.43. The van der Waals surface area contributed by atoms with Gasteiger partial charge in [0.25, 0.3) is 6.01 Å². The Morgan fingerprint density at radius 3 is 2.88 bits per heavy atom. The third kappa shape index (κ3) is 2.10. The van der Waals surface area contributed by atoms with Crippen molar-refractivity contribution in [2.45, 2.75) is 13.8 Å². The molecule has 0 amide bonds. The molecular formula is C12H17N3O. The van der Waals surface area contributed by atoms with Crippen molar-refractivity contribution in [2.75, 3.05) is 24.2 Å². The van der Waals surface area contributed by atoms with Gasteiger partial charge in [-0.25, -0.2) is 0 Å². The molecule has 0 saturated heterocycles. The van der Waals surface area contributed by atoms with E-state index in [-0.39, 0.29) is 0 Å². The van der Waals surface area contributed by atoms with Gasteiger partial charge in [0.2, 0.25) is 0 Å². The van der Waals surface area contributed by atoms with Gasteiger partial charge in [-0.15, -0.1) is 0 Å². The third-order valence-corrected chi connectivity index (χ3v) is 2.37. The second-order valence-electron chi connectivity index (χ2n) is 4.50. The van der Waals surface area contributed by atoms with E-state index in [4.69, 9.17) is 10.2 Å². The van der Waals surface area contributed by atoms with Gasteiger partial charge < -0.3 is 15.1 Å². The van der Waals surface area contributed by atoms with Crippen LogP contribution in [0.3, 0.4) is 0 Å². The normalized spacial score (nSPS) is 11.2. The molecule has 0 fully saturated rings. The number of nitrogens with zero attached hydrogens (tertiary/aromatic N) is 2. The zero-order valence-electron chi connectivity index (χ0n) is 9.90. The summed E-state index contributed by atoms with van der Waals surface area (Å²) in [6, 6.07) is 6.15. The maximum absolute atomic E-state index is 5.69. The zero-order valence-corrected chi connectivity index (χ0v) is 9.90. The molecule has 2 aromatic rings. The van der Waals surface area contributed by atoms with Gasteiger partial charge in [-0.05, 0) is 18.1 Å². The Hall–Kier alpha value is -1.71. The van der Waals surface area contributed by atoms with Crippen LogP contribution in [0.25, 0.3) is 11.1 Å². The fraction of sp³-hybridized carbons (Fsp3) is 0.417. The highest BCUT2D eigenvalue weighted by atomic mass is 16.4. The van der Waals surface area contributed by atoms with Gasteiger partial charge in [-0.3, -0.25) is 0 Å². The molecule has 0 spiro atoms. The number of nitrogens with two attached hydrogens (primary N) is 1. The van der Waals surface area contributed by atoms with E-state index >= 15 is 0 Å². The molecule has 4 nitrogen and oxygen atoms in total. The van der Waals surface area contributed by atoms with Gasteiger partial charge in [-0.1, -0.05) is 13.8 Å². The van der Waals surface area contributed by atoms with Gasteiger partial charge in [0, 0.05) is 25.3 Å². The predicted molar refractivity (Wildman–Crippen MR) is 66.5 cm³/mol. The molecule has 0 bridgehead atoms. The van der Waals surface area contributed by atoms with Gasteiger partial charge in [0.1, 0.15) is 5.52 Å². The second-order valence-corrected chi connectivity index (χ2v) is 4.50. The average molecular weight is 219 g/mol. The first kappa shape index (κ1) is 10.8. The summed E-state index contributed by atoms with van der Waals surface area (Å²) in [6.45, 7) is 5.25. The van der Waals surface area contributed by atoms with Crippen molar-refractivity contribution in [3.05, 3.63) is 18.2 Å². The number of nitrogen functional groups attached to an aromatic ring is 1. The summed E-state index contributed by atoms with van der Waals surface area (Å²) in [5.41, 5.74) is 7.97. The Kier molecular flexibility index (Phi) is 2.73. The van der Waals surface area contributed by atoms with E-state index in [9.17, 15) is 0 Å². The Morgan fingerprint density at radius 2 is 2.19 bits per heavy atom. The number of anilines is 2. The molecule has 0 aliphatic rings. The molecule has 1 aromatic carbocycles. The lowest BCUT2D eigenvalue weighted by Crippen LogP contribution is -2.22. The summed E-state index contributed by atoms with van der Waals surface area (Å²) in [4.78, 5) is 6.43. The third-order valence-electron chi connectivity index (χ3n) is 2.37. The lowest BCUT2D eigenvalue weighted by molar-refractivity contribution is 0.550. The highest BCUT2D eigenvalue weighted by Crippen LogP contribution is 2.23. The number of oxazole rings is 1. The molecule has 0 aliphatic heterocycles. The van der Waals surface area contributed by atoms with Crippen LogP contribution in [0.15, 0.2) is 22.6 Å². The van der Waals surface area contributed by atoms with E-state index in [1.165, 1.54) is 0 Å². The van der Waals surface area contributed by atoms with Crippen molar-refractivity contribution in [3.8, 4) is 0 Å². The summed E-state index contributed by atoms with van der Waals surface area (Å²) >= 11 is 0. The number of hydrogen-bond acceptors (Lipinski definition) is 4. The molecule has 0 unspecified atom stereocenters. The first-order chi connectivity index (χ1) is 7.56. The van der Waals surface area contributed by atoms with Crippen molar-refractivity contribution in [2.24, 2.45) is 5.92 Å². The van der Waals surface area contributed by atoms with Crippen LogP contribution in [-0.4, -0.2) is 18.6 Å². The smallest absolute Gasteiger partial charge is 0.298 e. The molecule has 86 valence electrons. The number of aromatic nitrogens is 1. The molecule has 1 heterocycles. The summed E-state index contributed by atoms with van der Waals surface area (Å²) in [6.07, 6.45) is 0. The summed E-state index contributed by atoms with van der Waals surface area (Å²) in [5.74, 6) is 0.574. The van der Waals surface area contributed by atoms with E-state index in [1.54, 1.807) is 6.07 Å². The van der Waals surface area contributed by atoms with Crippen molar-refractivity contribution in [3.63, 3.8) is 0 Å². The van der Waals surface area contributed by atoms with Crippen LogP contribution in [0.1, 0.15) is 13.8 Å². The van der Waals surface area contributed by atoms with Crippen LogP contribution in [0.4, 0.5) is 11.7 Å². The van der Waals surface area contributed by atoms with Crippen LogP contribution in [-0.2, 0) is 0 Å². The maximum Gasteiger partial charge on any atom is 0.298 e. The topological polar surface area (TPSA) is 55.3 Å². The fourth-order valence-corrected chi connectivity index (χ4v) is 1.72. The highest BCUT2D eigenvalue weighted by molar-refractivity contribution is 5.78. The summed E-state index contributed by atoms with van der Waals surface area (Å²) < 4.78 is 5.65. The van der Waals surface area contributed by atoms with E-state index in [2.05, 4.69) is 18.8 Å². The summed E-state index contributed by atoms with van der Waals surface area (Å²) in [7, 11) is 1.98. The number of benzene rings is 1. The Bertz CT molecular complexity index is 490. The highest BCUT2D eigenvalue weighted by Gasteiger charge is 2.11. The van der Waals surface area contributed by atoms with E-state index in [1.807, 2.05) is 24.1 Å². The molecule has 2 rings (SSSR count). The second kappa shape index (κ2) is 4.04. The average Bonchev–Trinajstić information content (AvgIpc) is 2.59. The Labute approximate surface area is 95.1 Å². The zero-order chi connectivity index (χ0) is 11.7. The number of hydrogen-bond donors (Lipinski definition) is 1. The minimum atomic E-state index is 0.574. The van der Waals surface area contributed by atoms with E-state index in [0.717, 1.165) is 17.6 Å². The molecule has 0 atom stereocenters. The van der Waals surface area contributed by atoms with E-state index in [0.29, 0.717) is 17.6 Å². The van der Waals surface area contributed by atoms with Gasteiger partial charge >= 0.3 is 0 Å². The number of fused-ring (bicyclic) bond motifs is 1. The standard InChI is InChI=1S/C12H17N3O/c1-8(2)7-15(3)12-14-10-5-4-9(13)6-11(10)16-12/h4-6,8H,7,13H2,1-3H3. The lowest BCUT2D eigenvalue weighted by Gasteiger charge is -2.16. The fourth-order valence-electron chi connectivity index (χ4n) is 1.72. The van der Waals surface area contributed by atoms with Crippen molar-refractivity contribution in [1.29, 1.82) is 0 Å².